The van der Waals surface area contributed by atoms with E-state index in [1.807, 2.05) is 19.9 Å². The zero-order chi connectivity index (χ0) is 28.9. The Kier molecular flexibility index (Phi) is 8.54. The molecule has 11 heteroatoms. The van der Waals surface area contributed by atoms with Gasteiger partial charge in [-0.3, -0.25) is 14.3 Å². The molecular formula is C29H31N5O5S. The lowest BCUT2D eigenvalue weighted by atomic mass is 10.2. The summed E-state index contributed by atoms with van der Waals surface area (Å²) in [6.07, 6.45) is 1.47. The van der Waals surface area contributed by atoms with Gasteiger partial charge in [0.05, 0.1) is 28.6 Å². The average Bonchev–Trinajstić information content (AvgIpc) is 3.16. The lowest BCUT2D eigenvalue weighted by Gasteiger charge is -2.22. The maximum absolute atomic E-state index is 13.8. The van der Waals surface area contributed by atoms with Crippen LogP contribution in [-0.2, 0) is 21.9 Å². The Morgan fingerprint density at radius 3 is 2.20 bits per heavy atom. The molecule has 3 aromatic carbocycles. The number of sulfonamides is 1. The normalized spacial score (nSPS) is 11.6. The highest BCUT2D eigenvalue weighted by Crippen LogP contribution is 2.25. The smallest absolute Gasteiger partial charge is 0.296 e. The molecule has 208 valence electrons. The van der Waals surface area contributed by atoms with Crippen LogP contribution in [0.5, 0.6) is 5.75 Å². The number of nitrogens with zero attached hydrogens (tertiary/aromatic N) is 4. The number of hydrogen-bond acceptors (Lipinski definition) is 6. The maximum Gasteiger partial charge on any atom is 0.296 e. The van der Waals surface area contributed by atoms with Crippen molar-refractivity contribution in [2.45, 2.75) is 31.8 Å². The molecule has 0 saturated heterocycles. The van der Waals surface area contributed by atoms with Crippen molar-refractivity contribution in [3.8, 4) is 11.4 Å². The van der Waals surface area contributed by atoms with Gasteiger partial charge in [0.25, 0.3) is 21.5 Å². The minimum Gasteiger partial charge on any atom is -0.491 e. The van der Waals surface area contributed by atoms with E-state index >= 15 is 0 Å². The van der Waals surface area contributed by atoms with Gasteiger partial charge in [-0.1, -0.05) is 36.4 Å². The van der Waals surface area contributed by atoms with Crippen molar-refractivity contribution in [2.24, 2.45) is 12.1 Å². The maximum atomic E-state index is 13.8. The lowest BCUT2D eigenvalue weighted by molar-refractivity contribution is -0.119. The molecule has 0 aliphatic rings. The van der Waals surface area contributed by atoms with Crippen LogP contribution in [0, 0.1) is 6.92 Å². The summed E-state index contributed by atoms with van der Waals surface area (Å²) in [5.41, 5.74) is 3.29. The van der Waals surface area contributed by atoms with Gasteiger partial charge in [0, 0.05) is 7.05 Å². The topological polar surface area (TPSA) is 115 Å². The first kappa shape index (κ1) is 28.4. The SMILES string of the molecule is Cc1c(N(CC(=O)N/N=C\c2ccc(OC(C)C)cc2)S(=O)(=O)c2ccccc2)c(=O)n(-c2ccccc2)n1C. The zero-order valence-electron chi connectivity index (χ0n) is 22.7. The van der Waals surface area contributed by atoms with Gasteiger partial charge in [0.15, 0.2) is 0 Å². The second-order valence-electron chi connectivity index (χ2n) is 9.26. The van der Waals surface area contributed by atoms with Crippen LogP contribution in [0.25, 0.3) is 5.69 Å². The van der Waals surface area contributed by atoms with Crippen LogP contribution >= 0.6 is 0 Å². The number of nitrogens with one attached hydrogen (secondary N) is 1. The predicted octanol–water partition coefficient (Wildman–Crippen LogP) is 3.62. The van der Waals surface area contributed by atoms with Crippen LogP contribution in [0.4, 0.5) is 5.69 Å². The largest absolute Gasteiger partial charge is 0.491 e. The molecule has 0 fully saturated rings. The summed E-state index contributed by atoms with van der Waals surface area (Å²) in [6, 6.07) is 23.6. The van der Waals surface area contributed by atoms with Crippen molar-refractivity contribution in [1.82, 2.24) is 14.8 Å². The number of carbonyl (C=O) groups excluding carboxylic acids is 1. The van der Waals surface area contributed by atoms with E-state index in [0.717, 1.165) is 4.31 Å². The number of aromatic nitrogens is 2. The third-order valence-corrected chi connectivity index (χ3v) is 7.81. The molecule has 10 nitrogen and oxygen atoms in total. The van der Waals surface area contributed by atoms with Crippen LogP contribution < -0.4 is 20.0 Å². The second-order valence-corrected chi connectivity index (χ2v) is 11.1. The molecule has 40 heavy (non-hydrogen) atoms. The van der Waals surface area contributed by atoms with Crippen LogP contribution in [0.3, 0.4) is 0 Å². The third-order valence-electron chi connectivity index (χ3n) is 6.05. The molecule has 1 heterocycles. The van der Waals surface area contributed by atoms with Crippen LogP contribution in [0.15, 0.2) is 99.7 Å². The van der Waals surface area contributed by atoms with E-state index in [9.17, 15) is 18.0 Å². The quantitative estimate of drug-likeness (QED) is 0.235. The number of ether oxygens (including phenoxy) is 1. The molecule has 0 aliphatic heterocycles. The molecule has 0 saturated carbocycles. The molecule has 0 aliphatic carbocycles. The molecule has 0 unspecified atom stereocenters. The molecule has 1 aromatic heterocycles. The number of carbonyl (C=O) groups is 1. The summed E-state index contributed by atoms with van der Waals surface area (Å²) in [5, 5.41) is 3.97. The first-order chi connectivity index (χ1) is 19.1. The summed E-state index contributed by atoms with van der Waals surface area (Å²) < 4.78 is 36.9. The number of hydrogen-bond donors (Lipinski definition) is 1. The number of benzene rings is 3. The first-order valence-electron chi connectivity index (χ1n) is 12.6. The highest BCUT2D eigenvalue weighted by molar-refractivity contribution is 7.92. The van der Waals surface area contributed by atoms with Crippen LogP contribution in [-0.4, -0.2) is 42.6 Å². The number of anilines is 1. The van der Waals surface area contributed by atoms with Crippen molar-refractivity contribution in [2.75, 3.05) is 10.8 Å². The van der Waals surface area contributed by atoms with Gasteiger partial charge in [-0.05, 0) is 74.9 Å². The summed E-state index contributed by atoms with van der Waals surface area (Å²) in [4.78, 5) is 26.6. The van der Waals surface area contributed by atoms with Crippen molar-refractivity contribution >= 4 is 27.8 Å². The van der Waals surface area contributed by atoms with Crippen molar-refractivity contribution < 1.29 is 17.9 Å². The Hall–Kier alpha value is -4.64. The number of amides is 1. The first-order valence-corrected chi connectivity index (χ1v) is 14.0. The van der Waals surface area contributed by atoms with E-state index in [0.29, 0.717) is 22.7 Å². The fourth-order valence-corrected chi connectivity index (χ4v) is 5.59. The lowest BCUT2D eigenvalue weighted by Crippen LogP contribution is -2.42. The monoisotopic (exact) mass is 561 g/mol. The highest BCUT2D eigenvalue weighted by atomic mass is 32.2. The van der Waals surface area contributed by atoms with Gasteiger partial charge < -0.3 is 4.74 Å². The Labute approximate surface area is 233 Å². The summed E-state index contributed by atoms with van der Waals surface area (Å²) >= 11 is 0. The van der Waals surface area contributed by atoms with E-state index in [1.165, 1.54) is 23.0 Å². The van der Waals surface area contributed by atoms with Crippen molar-refractivity contribution in [3.05, 3.63) is 107 Å². The van der Waals surface area contributed by atoms with E-state index in [1.54, 1.807) is 85.4 Å². The van der Waals surface area contributed by atoms with Gasteiger partial charge in [0.2, 0.25) is 0 Å². The molecule has 1 amide bonds. The average molecular weight is 562 g/mol. The van der Waals surface area contributed by atoms with Crippen molar-refractivity contribution in [3.63, 3.8) is 0 Å². The number of hydrazone groups is 1. The highest BCUT2D eigenvalue weighted by Gasteiger charge is 2.33. The Bertz CT molecular complexity index is 1660. The molecule has 1 N–H and O–H groups in total. The zero-order valence-corrected chi connectivity index (χ0v) is 23.5. The minimum atomic E-state index is -4.29. The Morgan fingerprint density at radius 1 is 1.00 bits per heavy atom. The summed E-state index contributed by atoms with van der Waals surface area (Å²) in [6.45, 7) is 4.83. The standard InChI is InChI=1S/C29H31N5O5S/c1-21(2)39-25-17-15-23(16-18-25)19-30-31-27(35)20-33(40(37,38)26-13-9-6-10-14-26)28-22(3)32(4)34(29(28)36)24-11-7-5-8-12-24/h5-19,21H,20H2,1-4H3,(H,31,35)/b30-19-. The number of rotatable bonds is 10. The fourth-order valence-electron chi connectivity index (χ4n) is 4.09. The predicted molar refractivity (Wildman–Crippen MR) is 155 cm³/mol. The molecule has 0 bridgehead atoms. The van der Waals surface area contributed by atoms with Crippen LogP contribution in [0.2, 0.25) is 0 Å². The minimum absolute atomic E-state index is 0.0407. The summed E-state index contributed by atoms with van der Waals surface area (Å²) in [7, 11) is -2.64. The van der Waals surface area contributed by atoms with Gasteiger partial charge in [-0.2, -0.15) is 5.10 Å². The van der Waals surface area contributed by atoms with E-state index in [-0.39, 0.29) is 16.7 Å². The van der Waals surface area contributed by atoms with Crippen LogP contribution in [0.1, 0.15) is 25.1 Å². The van der Waals surface area contributed by atoms with E-state index in [4.69, 9.17) is 4.74 Å². The summed E-state index contributed by atoms with van der Waals surface area (Å²) in [5.74, 6) is -0.0123. The van der Waals surface area contributed by atoms with Gasteiger partial charge >= 0.3 is 0 Å². The molecule has 4 aromatic rings. The Morgan fingerprint density at radius 2 is 1.60 bits per heavy atom. The molecule has 4 rings (SSSR count). The van der Waals surface area contributed by atoms with E-state index in [2.05, 4.69) is 10.5 Å². The third kappa shape index (κ3) is 6.15. The van der Waals surface area contributed by atoms with E-state index < -0.39 is 28.0 Å². The van der Waals surface area contributed by atoms with Crippen molar-refractivity contribution in [1.29, 1.82) is 0 Å². The molecular weight excluding hydrogens is 530 g/mol. The Balaban J connectivity index is 1.65. The van der Waals surface area contributed by atoms with Gasteiger partial charge in [-0.15, -0.1) is 0 Å². The molecule has 0 spiro atoms. The molecule has 0 atom stereocenters. The van der Waals surface area contributed by atoms with Gasteiger partial charge in [0.1, 0.15) is 18.0 Å². The van der Waals surface area contributed by atoms with Gasteiger partial charge in [-0.25, -0.2) is 22.8 Å². The number of para-hydroxylation sites is 1. The molecule has 0 radical (unpaired) electrons. The second kappa shape index (κ2) is 12.0. The fraction of sp³-hybridized carbons (Fsp3) is 0.207.